The number of carbonyl (C=O) groups is 2. The van der Waals surface area contributed by atoms with Crippen molar-refractivity contribution in [3.05, 3.63) is 18.6 Å². The second-order valence-corrected chi connectivity index (χ2v) is 5.63. The van der Waals surface area contributed by atoms with E-state index in [0.717, 1.165) is 31.7 Å². The molecule has 0 aromatic carbocycles. The topological polar surface area (TPSA) is 78.4 Å². The van der Waals surface area contributed by atoms with Gasteiger partial charge in [0, 0.05) is 44.5 Å². The van der Waals surface area contributed by atoms with Crippen molar-refractivity contribution in [2.45, 2.75) is 26.7 Å². The Morgan fingerprint density at radius 1 is 1.30 bits per heavy atom. The van der Waals surface area contributed by atoms with Crippen LogP contribution in [-0.2, 0) is 9.59 Å². The molecular formula is C16H25N5O2. The van der Waals surface area contributed by atoms with E-state index in [-0.39, 0.29) is 24.3 Å². The first kappa shape index (κ1) is 17.2. The summed E-state index contributed by atoms with van der Waals surface area (Å²) in [6.45, 7) is 6.64. The van der Waals surface area contributed by atoms with E-state index in [0.29, 0.717) is 13.1 Å². The van der Waals surface area contributed by atoms with Gasteiger partial charge in [-0.15, -0.1) is 0 Å². The number of nitrogens with zero attached hydrogens (tertiary/aromatic N) is 4. The van der Waals surface area contributed by atoms with Gasteiger partial charge in [-0.1, -0.05) is 0 Å². The Morgan fingerprint density at radius 3 is 2.61 bits per heavy atom. The summed E-state index contributed by atoms with van der Waals surface area (Å²) >= 11 is 0. The van der Waals surface area contributed by atoms with E-state index in [1.165, 1.54) is 0 Å². The SMILES string of the molecule is CCNC(=O)CN(CC)C(=O)C1CCN(c2cnccn2)CC1. The molecule has 1 fully saturated rings. The molecule has 23 heavy (non-hydrogen) atoms. The molecule has 0 atom stereocenters. The van der Waals surface area contributed by atoms with Gasteiger partial charge in [-0.25, -0.2) is 4.98 Å². The van der Waals surface area contributed by atoms with Crippen LogP contribution in [-0.4, -0.2) is 59.4 Å². The van der Waals surface area contributed by atoms with Crippen molar-refractivity contribution in [3.63, 3.8) is 0 Å². The van der Waals surface area contributed by atoms with E-state index in [2.05, 4.69) is 20.2 Å². The molecule has 0 bridgehead atoms. The summed E-state index contributed by atoms with van der Waals surface area (Å²) in [6.07, 6.45) is 6.64. The molecule has 126 valence electrons. The van der Waals surface area contributed by atoms with E-state index in [4.69, 9.17) is 0 Å². The predicted octanol–water partition coefficient (Wildman–Crippen LogP) is 0.678. The van der Waals surface area contributed by atoms with Gasteiger partial charge in [-0.2, -0.15) is 0 Å². The van der Waals surface area contributed by atoms with Gasteiger partial charge in [0.25, 0.3) is 0 Å². The van der Waals surface area contributed by atoms with Crippen LogP contribution in [0.1, 0.15) is 26.7 Å². The van der Waals surface area contributed by atoms with Gasteiger partial charge in [0.2, 0.25) is 11.8 Å². The zero-order valence-corrected chi connectivity index (χ0v) is 13.9. The van der Waals surface area contributed by atoms with Crippen molar-refractivity contribution in [1.29, 1.82) is 0 Å². The van der Waals surface area contributed by atoms with E-state index in [1.807, 2.05) is 13.8 Å². The minimum atomic E-state index is -0.0975. The molecule has 0 aliphatic carbocycles. The van der Waals surface area contributed by atoms with Crippen LogP contribution >= 0.6 is 0 Å². The quantitative estimate of drug-likeness (QED) is 0.834. The number of nitrogens with one attached hydrogen (secondary N) is 1. The van der Waals surface area contributed by atoms with Crippen molar-refractivity contribution in [2.24, 2.45) is 5.92 Å². The summed E-state index contributed by atoms with van der Waals surface area (Å²) in [5.74, 6) is 0.822. The molecule has 0 spiro atoms. The van der Waals surface area contributed by atoms with E-state index in [9.17, 15) is 9.59 Å². The van der Waals surface area contributed by atoms with Gasteiger partial charge in [0.05, 0.1) is 12.7 Å². The Hall–Kier alpha value is -2.18. The molecule has 2 heterocycles. The number of anilines is 1. The first-order valence-corrected chi connectivity index (χ1v) is 8.22. The van der Waals surface area contributed by atoms with Crippen LogP contribution in [0.2, 0.25) is 0 Å². The summed E-state index contributed by atoms with van der Waals surface area (Å²) in [6, 6.07) is 0. The number of hydrogen-bond acceptors (Lipinski definition) is 5. The summed E-state index contributed by atoms with van der Waals surface area (Å²) in [4.78, 5) is 36.5. The lowest BCUT2D eigenvalue weighted by atomic mass is 9.95. The molecule has 1 saturated heterocycles. The zero-order valence-electron chi connectivity index (χ0n) is 13.9. The van der Waals surface area contributed by atoms with Crippen LogP contribution in [0.3, 0.4) is 0 Å². The van der Waals surface area contributed by atoms with E-state index < -0.39 is 0 Å². The maximum absolute atomic E-state index is 12.6. The Labute approximate surface area is 137 Å². The monoisotopic (exact) mass is 319 g/mol. The lowest BCUT2D eigenvalue weighted by Crippen LogP contribution is -2.46. The molecule has 1 aliphatic heterocycles. The van der Waals surface area contributed by atoms with E-state index >= 15 is 0 Å². The minimum absolute atomic E-state index is 0.0164. The average molecular weight is 319 g/mol. The third-order valence-corrected chi connectivity index (χ3v) is 4.12. The maximum atomic E-state index is 12.6. The Kier molecular flexibility index (Phi) is 6.31. The molecule has 7 nitrogen and oxygen atoms in total. The van der Waals surface area contributed by atoms with Gasteiger partial charge in [0.15, 0.2) is 0 Å². The summed E-state index contributed by atoms with van der Waals surface area (Å²) in [7, 11) is 0. The van der Waals surface area contributed by atoms with Gasteiger partial charge in [0.1, 0.15) is 5.82 Å². The lowest BCUT2D eigenvalue weighted by Gasteiger charge is -2.34. The van der Waals surface area contributed by atoms with Gasteiger partial charge >= 0.3 is 0 Å². The van der Waals surface area contributed by atoms with Crippen molar-refractivity contribution >= 4 is 17.6 Å². The molecule has 1 N–H and O–H groups in total. The highest BCUT2D eigenvalue weighted by Crippen LogP contribution is 2.22. The Morgan fingerprint density at radius 2 is 2.04 bits per heavy atom. The number of rotatable bonds is 6. The van der Waals surface area contributed by atoms with Crippen molar-refractivity contribution in [1.82, 2.24) is 20.2 Å². The fourth-order valence-electron chi connectivity index (χ4n) is 2.84. The summed E-state index contributed by atoms with van der Waals surface area (Å²) < 4.78 is 0. The first-order valence-electron chi connectivity index (χ1n) is 8.22. The minimum Gasteiger partial charge on any atom is -0.355 e. The standard InChI is InChI=1S/C16H25N5O2/c1-3-18-15(22)12-20(4-2)16(23)13-5-9-21(10-6-13)14-11-17-7-8-19-14/h7-8,11,13H,3-6,9-10,12H2,1-2H3,(H,18,22). The first-order chi connectivity index (χ1) is 11.2. The lowest BCUT2D eigenvalue weighted by molar-refractivity contribution is -0.139. The van der Waals surface area contributed by atoms with Crippen molar-refractivity contribution in [2.75, 3.05) is 37.6 Å². The van der Waals surface area contributed by atoms with Crippen LogP contribution < -0.4 is 10.2 Å². The maximum Gasteiger partial charge on any atom is 0.239 e. The van der Waals surface area contributed by atoms with Crippen LogP contribution in [0.15, 0.2) is 18.6 Å². The highest BCUT2D eigenvalue weighted by molar-refractivity contribution is 5.86. The van der Waals surface area contributed by atoms with Gasteiger partial charge in [-0.05, 0) is 26.7 Å². The number of amides is 2. The van der Waals surface area contributed by atoms with Crippen molar-refractivity contribution in [3.8, 4) is 0 Å². The van der Waals surface area contributed by atoms with Crippen LogP contribution in [0, 0.1) is 5.92 Å². The van der Waals surface area contributed by atoms with Crippen LogP contribution in [0.4, 0.5) is 5.82 Å². The summed E-state index contributed by atoms with van der Waals surface area (Å²) in [5.41, 5.74) is 0. The number of carbonyl (C=O) groups excluding carboxylic acids is 2. The second-order valence-electron chi connectivity index (χ2n) is 5.63. The smallest absolute Gasteiger partial charge is 0.239 e. The van der Waals surface area contributed by atoms with Gasteiger partial charge in [-0.3, -0.25) is 14.6 Å². The normalized spacial score (nSPS) is 15.3. The number of piperidine rings is 1. The fourth-order valence-corrected chi connectivity index (χ4v) is 2.84. The summed E-state index contributed by atoms with van der Waals surface area (Å²) in [5, 5.41) is 2.74. The van der Waals surface area contributed by atoms with Crippen molar-refractivity contribution < 1.29 is 9.59 Å². The second kappa shape index (κ2) is 8.45. The highest BCUT2D eigenvalue weighted by Gasteiger charge is 2.29. The molecule has 1 aliphatic rings. The van der Waals surface area contributed by atoms with Crippen LogP contribution in [0.25, 0.3) is 0 Å². The largest absolute Gasteiger partial charge is 0.355 e. The molecule has 0 unspecified atom stereocenters. The molecule has 1 aromatic rings. The molecule has 0 saturated carbocycles. The Balaban J connectivity index is 1.88. The highest BCUT2D eigenvalue weighted by atomic mass is 16.2. The third-order valence-electron chi connectivity index (χ3n) is 4.12. The molecule has 7 heteroatoms. The van der Waals surface area contributed by atoms with Gasteiger partial charge < -0.3 is 15.1 Å². The Bertz CT molecular complexity index is 514. The fraction of sp³-hybridized carbons (Fsp3) is 0.625. The average Bonchev–Trinajstić information content (AvgIpc) is 2.60. The predicted molar refractivity (Wildman–Crippen MR) is 87.9 cm³/mol. The number of hydrogen-bond donors (Lipinski definition) is 1. The zero-order chi connectivity index (χ0) is 16.7. The number of aromatic nitrogens is 2. The molecule has 1 aromatic heterocycles. The third kappa shape index (κ3) is 4.64. The molecule has 2 rings (SSSR count). The number of likely N-dealkylation sites (N-methyl/N-ethyl adjacent to an activating group) is 2. The molecular weight excluding hydrogens is 294 g/mol. The molecule has 0 radical (unpaired) electrons. The van der Waals surface area contributed by atoms with Crippen LogP contribution in [0.5, 0.6) is 0 Å². The van der Waals surface area contributed by atoms with E-state index in [1.54, 1.807) is 23.5 Å². The molecule has 2 amide bonds.